The van der Waals surface area contributed by atoms with Gasteiger partial charge in [-0.3, -0.25) is 9.59 Å². The van der Waals surface area contributed by atoms with Crippen LogP contribution in [0.5, 0.6) is 0 Å². The Kier molecular flexibility index (Phi) is 4.39. The van der Waals surface area contributed by atoms with E-state index in [-0.39, 0.29) is 10.9 Å². The fourth-order valence-electron chi connectivity index (χ4n) is 5.30. The summed E-state index contributed by atoms with van der Waals surface area (Å²) in [4.78, 5) is 31.4. The number of benzene rings is 5. The van der Waals surface area contributed by atoms with Gasteiger partial charge in [0, 0.05) is 15.9 Å². The molecule has 2 aromatic heterocycles. The Morgan fingerprint density at radius 2 is 1.08 bits per heavy atom. The predicted molar refractivity (Wildman–Crippen MR) is 152 cm³/mol. The quantitative estimate of drug-likeness (QED) is 0.207. The van der Waals surface area contributed by atoms with Gasteiger partial charge < -0.3 is 13.7 Å². The maximum Gasteiger partial charge on any atom is 0.200 e. The van der Waals surface area contributed by atoms with Gasteiger partial charge in [-0.1, -0.05) is 54.2 Å². The van der Waals surface area contributed by atoms with Crippen LogP contribution in [0.3, 0.4) is 0 Å². The maximum absolute atomic E-state index is 13.8. The van der Waals surface area contributed by atoms with Gasteiger partial charge in [0.25, 0.3) is 0 Å². The standard InChI is InChI=1S/C32H17NO4S/c34-30-18-8-1-4-13-25(18)36-26-17-27-21(16-20(26)30)31(35)19-9-7-12-24(32(19)37-27)33-22-10-2-5-14-28(22)38-29-15-6-3-11-23(29)33/h1-17H. The number of anilines is 3. The van der Waals surface area contributed by atoms with Crippen LogP contribution in [0.4, 0.5) is 17.1 Å². The largest absolute Gasteiger partial charge is 0.456 e. The summed E-state index contributed by atoms with van der Waals surface area (Å²) in [5, 5.41) is 1.63. The Labute approximate surface area is 219 Å². The first kappa shape index (κ1) is 21.3. The molecule has 0 unspecified atom stereocenters. The number of fused-ring (bicyclic) bond motifs is 6. The molecule has 0 N–H and O–H groups in total. The lowest BCUT2D eigenvalue weighted by Gasteiger charge is -2.32. The van der Waals surface area contributed by atoms with E-state index < -0.39 is 0 Å². The van der Waals surface area contributed by atoms with Crippen LogP contribution < -0.4 is 15.8 Å². The fraction of sp³-hybridized carbons (Fsp3) is 0. The molecule has 1 aliphatic heterocycles. The zero-order valence-corrected chi connectivity index (χ0v) is 20.6. The highest BCUT2D eigenvalue weighted by Crippen LogP contribution is 2.52. The van der Waals surface area contributed by atoms with Gasteiger partial charge in [0.2, 0.25) is 10.9 Å². The zero-order valence-electron chi connectivity index (χ0n) is 19.8. The lowest BCUT2D eigenvalue weighted by Crippen LogP contribution is -2.16. The minimum absolute atomic E-state index is 0.170. The molecular weight excluding hydrogens is 494 g/mol. The monoisotopic (exact) mass is 511 g/mol. The molecule has 5 nitrogen and oxygen atoms in total. The third-order valence-electron chi connectivity index (χ3n) is 7.05. The highest BCUT2D eigenvalue weighted by Gasteiger charge is 2.27. The second kappa shape index (κ2) is 7.84. The van der Waals surface area contributed by atoms with Crippen LogP contribution in [0.1, 0.15) is 0 Å². The molecule has 0 aliphatic carbocycles. The van der Waals surface area contributed by atoms with Crippen molar-refractivity contribution in [1.29, 1.82) is 0 Å². The van der Waals surface area contributed by atoms with E-state index in [1.54, 1.807) is 48.2 Å². The summed E-state index contributed by atoms with van der Waals surface area (Å²) in [6, 6.07) is 32.4. The second-order valence-corrected chi connectivity index (χ2v) is 10.3. The molecule has 0 radical (unpaired) electrons. The average Bonchev–Trinajstić information content (AvgIpc) is 2.95. The van der Waals surface area contributed by atoms with Gasteiger partial charge in [-0.05, 0) is 54.6 Å². The van der Waals surface area contributed by atoms with Crippen molar-refractivity contribution in [3.8, 4) is 0 Å². The molecular formula is C32H17NO4S. The van der Waals surface area contributed by atoms with E-state index in [1.165, 1.54) is 0 Å². The number of hydrogen-bond acceptors (Lipinski definition) is 6. The fourth-order valence-corrected chi connectivity index (χ4v) is 6.36. The van der Waals surface area contributed by atoms with Gasteiger partial charge in [0.1, 0.15) is 16.7 Å². The molecule has 0 bridgehead atoms. The first-order valence-corrected chi connectivity index (χ1v) is 13.0. The summed E-state index contributed by atoms with van der Waals surface area (Å²) >= 11 is 1.72. The van der Waals surface area contributed by atoms with Crippen LogP contribution in [0.15, 0.2) is 131 Å². The highest BCUT2D eigenvalue weighted by atomic mass is 32.2. The summed E-state index contributed by atoms with van der Waals surface area (Å²) < 4.78 is 12.5. The van der Waals surface area contributed by atoms with Crippen molar-refractivity contribution in [3.63, 3.8) is 0 Å². The molecule has 8 rings (SSSR count). The SMILES string of the molecule is O=c1c2ccccc2oc2cc3oc4c(N5c6ccccc6Sc6ccccc65)cccc4c(=O)c3cc12. The molecule has 0 saturated carbocycles. The molecule has 0 saturated heterocycles. The van der Waals surface area contributed by atoms with E-state index in [0.29, 0.717) is 43.9 Å². The molecule has 0 fully saturated rings. The molecule has 1 aliphatic rings. The van der Waals surface area contributed by atoms with Crippen molar-refractivity contribution >= 4 is 72.7 Å². The summed E-state index contributed by atoms with van der Waals surface area (Å²) in [6.45, 7) is 0. The van der Waals surface area contributed by atoms with Crippen LogP contribution >= 0.6 is 11.8 Å². The van der Waals surface area contributed by atoms with Gasteiger partial charge in [0.05, 0.1) is 38.6 Å². The summed E-state index contributed by atoms with van der Waals surface area (Å²) in [7, 11) is 0. The minimum Gasteiger partial charge on any atom is -0.456 e. The lowest BCUT2D eigenvalue weighted by molar-refractivity contribution is 0.646. The molecule has 5 aromatic carbocycles. The van der Waals surface area contributed by atoms with Crippen LogP contribution in [-0.4, -0.2) is 0 Å². The first-order chi connectivity index (χ1) is 18.7. The summed E-state index contributed by atoms with van der Waals surface area (Å²) in [6.07, 6.45) is 0. The molecule has 6 heteroatoms. The van der Waals surface area contributed by atoms with Crippen molar-refractivity contribution in [1.82, 2.24) is 0 Å². The van der Waals surface area contributed by atoms with Gasteiger partial charge in [-0.25, -0.2) is 0 Å². The Bertz CT molecular complexity index is 2190. The number of para-hydroxylation sites is 4. The first-order valence-electron chi connectivity index (χ1n) is 12.2. The van der Waals surface area contributed by atoms with E-state index in [1.807, 2.05) is 42.5 Å². The predicted octanol–water partition coefficient (Wildman–Crippen LogP) is 8.14. The van der Waals surface area contributed by atoms with Gasteiger partial charge in [0.15, 0.2) is 5.58 Å². The van der Waals surface area contributed by atoms with Crippen molar-refractivity contribution in [2.75, 3.05) is 4.90 Å². The van der Waals surface area contributed by atoms with Crippen LogP contribution in [0.2, 0.25) is 0 Å². The Morgan fingerprint density at radius 1 is 0.500 bits per heavy atom. The normalized spacial score (nSPS) is 12.8. The number of hydrogen-bond donors (Lipinski definition) is 0. The zero-order chi connectivity index (χ0) is 25.4. The molecule has 38 heavy (non-hydrogen) atoms. The van der Waals surface area contributed by atoms with Crippen LogP contribution in [0, 0.1) is 0 Å². The second-order valence-electron chi connectivity index (χ2n) is 9.23. The lowest BCUT2D eigenvalue weighted by atomic mass is 10.1. The van der Waals surface area contributed by atoms with Gasteiger partial charge in [-0.2, -0.15) is 0 Å². The summed E-state index contributed by atoms with van der Waals surface area (Å²) in [5.41, 5.74) is 4.16. The molecule has 180 valence electrons. The number of nitrogens with zero attached hydrogens (tertiary/aromatic N) is 1. The van der Waals surface area contributed by atoms with Gasteiger partial charge in [-0.15, -0.1) is 0 Å². The van der Waals surface area contributed by atoms with Crippen molar-refractivity contribution in [2.45, 2.75) is 9.79 Å². The van der Waals surface area contributed by atoms with Crippen molar-refractivity contribution in [2.24, 2.45) is 0 Å². The van der Waals surface area contributed by atoms with Crippen LogP contribution in [-0.2, 0) is 0 Å². The van der Waals surface area contributed by atoms with Crippen LogP contribution in [0.25, 0.3) is 43.9 Å². The van der Waals surface area contributed by atoms with E-state index >= 15 is 0 Å². The Morgan fingerprint density at radius 3 is 1.84 bits per heavy atom. The van der Waals surface area contributed by atoms with E-state index in [4.69, 9.17) is 8.83 Å². The Hall–Kier alpha value is -4.81. The van der Waals surface area contributed by atoms with E-state index in [9.17, 15) is 9.59 Å². The Balaban J connectivity index is 1.46. The third-order valence-corrected chi connectivity index (χ3v) is 8.18. The molecule has 7 aromatic rings. The average molecular weight is 512 g/mol. The third kappa shape index (κ3) is 2.95. The maximum atomic E-state index is 13.8. The van der Waals surface area contributed by atoms with E-state index in [2.05, 4.69) is 29.2 Å². The topological polar surface area (TPSA) is 63.7 Å². The summed E-state index contributed by atoms with van der Waals surface area (Å²) in [5.74, 6) is 0. The minimum atomic E-state index is -0.189. The number of rotatable bonds is 1. The smallest absolute Gasteiger partial charge is 0.200 e. The molecule has 0 amide bonds. The molecule has 0 spiro atoms. The van der Waals surface area contributed by atoms with Crippen molar-refractivity contribution < 1.29 is 8.83 Å². The molecule has 0 atom stereocenters. The van der Waals surface area contributed by atoms with Crippen molar-refractivity contribution in [3.05, 3.63) is 124 Å². The highest BCUT2D eigenvalue weighted by molar-refractivity contribution is 7.99. The molecule has 3 heterocycles. The van der Waals surface area contributed by atoms with E-state index in [0.717, 1.165) is 26.9 Å². The van der Waals surface area contributed by atoms with Gasteiger partial charge >= 0.3 is 0 Å².